The first-order valence-electron chi connectivity index (χ1n) is 4.36. The summed E-state index contributed by atoms with van der Waals surface area (Å²) in [5.41, 5.74) is 1.13. The summed E-state index contributed by atoms with van der Waals surface area (Å²) in [5.74, 6) is 0.256. The van der Waals surface area contributed by atoms with Crippen LogP contribution in [0.4, 0.5) is 0 Å². The molecule has 4 heteroatoms. The Kier molecular flexibility index (Phi) is 3.50. The van der Waals surface area contributed by atoms with Gasteiger partial charge < -0.3 is 5.11 Å². The fraction of sp³-hybridized carbons (Fsp3) is 0.667. The average molecular weight is 247 g/mol. The Morgan fingerprint density at radius 3 is 2.62 bits per heavy atom. The van der Waals surface area contributed by atoms with Crippen molar-refractivity contribution in [3.05, 3.63) is 16.4 Å². The van der Waals surface area contributed by atoms with Crippen LogP contribution in [-0.2, 0) is 13.5 Å². The van der Waals surface area contributed by atoms with Crippen LogP contribution in [0.5, 0.6) is 0 Å². The lowest BCUT2D eigenvalue weighted by Gasteiger charge is -2.14. The van der Waals surface area contributed by atoms with Crippen LogP contribution >= 0.6 is 15.9 Å². The van der Waals surface area contributed by atoms with E-state index in [1.807, 2.05) is 25.6 Å². The van der Waals surface area contributed by atoms with Gasteiger partial charge in [0.25, 0.3) is 0 Å². The van der Waals surface area contributed by atoms with Crippen molar-refractivity contribution < 1.29 is 5.11 Å². The molecular formula is C9H15BrN2O. The molecule has 3 nitrogen and oxygen atoms in total. The summed E-state index contributed by atoms with van der Waals surface area (Å²) in [6.45, 7) is 3.85. The second-order valence-electron chi connectivity index (χ2n) is 3.48. The molecule has 13 heavy (non-hydrogen) atoms. The van der Waals surface area contributed by atoms with Crippen molar-refractivity contribution in [1.29, 1.82) is 0 Å². The molecule has 1 rings (SSSR count). The first kappa shape index (κ1) is 10.7. The van der Waals surface area contributed by atoms with Gasteiger partial charge in [0.05, 0.1) is 22.5 Å². The Balaban J connectivity index is 2.73. The predicted molar refractivity (Wildman–Crippen MR) is 55.5 cm³/mol. The Hall–Kier alpha value is -0.350. The van der Waals surface area contributed by atoms with Crippen LogP contribution in [0.3, 0.4) is 0 Å². The van der Waals surface area contributed by atoms with Gasteiger partial charge in [0.15, 0.2) is 0 Å². The van der Waals surface area contributed by atoms with E-state index in [4.69, 9.17) is 0 Å². The highest BCUT2D eigenvalue weighted by atomic mass is 79.9. The molecule has 0 bridgehead atoms. The lowest BCUT2D eigenvalue weighted by atomic mass is 10.0. The van der Waals surface area contributed by atoms with Crippen LogP contribution in [0, 0.1) is 5.92 Å². The van der Waals surface area contributed by atoms with E-state index in [2.05, 4.69) is 21.0 Å². The van der Waals surface area contributed by atoms with Crippen LogP contribution in [-0.4, -0.2) is 21.0 Å². The van der Waals surface area contributed by atoms with Gasteiger partial charge in [-0.05, 0) is 35.2 Å². The van der Waals surface area contributed by atoms with Gasteiger partial charge in [0.1, 0.15) is 0 Å². The lowest BCUT2D eigenvalue weighted by Crippen LogP contribution is -2.17. The number of aromatic nitrogens is 2. The Morgan fingerprint density at radius 1 is 1.62 bits per heavy atom. The molecule has 0 saturated heterocycles. The average Bonchev–Trinajstić information content (AvgIpc) is 2.35. The quantitative estimate of drug-likeness (QED) is 0.883. The van der Waals surface area contributed by atoms with Crippen molar-refractivity contribution in [2.24, 2.45) is 13.0 Å². The van der Waals surface area contributed by atoms with Gasteiger partial charge in [-0.1, -0.05) is 6.92 Å². The van der Waals surface area contributed by atoms with Gasteiger partial charge >= 0.3 is 0 Å². The molecule has 0 aliphatic heterocycles. The third kappa shape index (κ3) is 2.54. The normalized spacial score (nSPS) is 15.8. The molecule has 0 spiro atoms. The van der Waals surface area contributed by atoms with E-state index < -0.39 is 0 Å². The summed E-state index contributed by atoms with van der Waals surface area (Å²) in [6.07, 6.45) is 2.35. The maximum absolute atomic E-state index is 9.36. The molecular weight excluding hydrogens is 232 g/mol. The second-order valence-corrected chi connectivity index (χ2v) is 4.34. The van der Waals surface area contributed by atoms with Crippen molar-refractivity contribution in [2.75, 3.05) is 0 Å². The van der Waals surface area contributed by atoms with Gasteiger partial charge in [0.2, 0.25) is 0 Å². The minimum Gasteiger partial charge on any atom is -0.393 e. The fourth-order valence-corrected chi connectivity index (χ4v) is 1.65. The summed E-state index contributed by atoms with van der Waals surface area (Å²) in [4.78, 5) is 0. The molecule has 2 unspecified atom stereocenters. The van der Waals surface area contributed by atoms with E-state index in [1.54, 1.807) is 6.20 Å². The van der Waals surface area contributed by atoms with Gasteiger partial charge in [-0.25, -0.2) is 0 Å². The third-order valence-electron chi connectivity index (χ3n) is 2.35. The van der Waals surface area contributed by atoms with E-state index >= 15 is 0 Å². The zero-order valence-electron chi connectivity index (χ0n) is 8.16. The van der Waals surface area contributed by atoms with Crippen LogP contribution in [0.1, 0.15) is 19.5 Å². The molecule has 1 aromatic heterocycles. The minimum absolute atomic E-state index is 0.256. The largest absolute Gasteiger partial charge is 0.393 e. The fourth-order valence-electron chi connectivity index (χ4n) is 1.14. The van der Waals surface area contributed by atoms with E-state index in [-0.39, 0.29) is 12.0 Å². The van der Waals surface area contributed by atoms with Gasteiger partial charge in [-0.15, -0.1) is 0 Å². The Labute approximate surface area is 86.9 Å². The lowest BCUT2D eigenvalue weighted by molar-refractivity contribution is 0.134. The van der Waals surface area contributed by atoms with E-state index in [1.165, 1.54) is 0 Å². The molecule has 1 heterocycles. The highest BCUT2D eigenvalue weighted by Crippen LogP contribution is 2.19. The van der Waals surface area contributed by atoms with Crippen molar-refractivity contribution in [3.8, 4) is 0 Å². The molecule has 1 N–H and O–H groups in total. The summed E-state index contributed by atoms with van der Waals surface area (Å²) in [6, 6.07) is 0. The smallest absolute Gasteiger partial charge is 0.0635 e. The molecule has 74 valence electrons. The van der Waals surface area contributed by atoms with Crippen LogP contribution in [0.25, 0.3) is 0 Å². The monoisotopic (exact) mass is 246 g/mol. The maximum atomic E-state index is 9.36. The Bertz CT molecular complexity index is 264. The van der Waals surface area contributed by atoms with Gasteiger partial charge in [-0.2, -0.15) is 5.10 Å². The Morgan fingerprint density at radius 2 is 2.23 bits per heavy atom. The van der Waals surface area contributed by atoms with Crippen molar-refractivity contribution in [1.82, 2.24) is 9.78 Å². The highest BCUT2D eigenvalue weighted by Gasteiger charge is 2.14. The summed E-state index contributed by atoms with van der Waals surface area (Å²) in [7, 11) is 1.91. The number of aliphatic hydroxyl groups is 1. The molecule has 0 saturated carbocycles. The molecule has 2 atom stereocenters. The van der Waals surface area contributed by atoms with E-state index in [9.17, 15) is 5.11 Å². The molecule has 0 radical (unpaired) electrons. The number of aryl methyl sites for hydroxylation is 1. The SMILES string of the molecule is CC(O)C(C)Cc1c(Br)cnn1C. The standard InChI is InChI=1S/C9H15BrN2O/c1-6(7(2)13)4-9-8(10)5-11-12(9)3/h5-7,13H,4H2,1-3H3. The first-order chi connectivity index (χ1) is 6.02. The third-order valence-corrected chi connectivity index (χ3v) is 3.01. The topological polar surface area (TPSA) is 38.1 Å². The van der Waals surface area contributed by atoms with Crippen LogP contribution < -0.4 is 0 Å². The summed E-state index contributed by atoms with van der Waals surface area (Å²) in [5, 5.41) is 13.5. The molecule has 0 aliphatic rings. The summed E-state index contributed by atoms with van der Waals surface area (Å²) < 4.78 is 2.85. The van der Waals surface area contributed by atoms with Crippen LogP contribution in [0.15, 0.2) is 10.7 Å². The van der Waals surface area contributed by atoms with Crippen molar-refractivity contribution >= 4 is 15.9 Å². The maximum Gasteiger partial charge on any atom is 0.0635 e. The number of hydrogen-bond acceptors (Lipinski definition) is 2. The molecule has 0 amide bonds. The van der Waals surface area contributed by atoms with Gasteiger partial charge in [-0.3, -0.25) is 4.68 Å². The second kappa shape index (κ2) is 4.24. The molecule has 0 fully saturated rings. The highest BCUT2D eigenvalue weighted by molar-refractivity contribution is 9.10. The number of aliphatic hydroxyl groups excluding tert-OH is 1. The number of rotatable bonds is 3. The van der Waals surface area contributed by atoms with Gasteiger partial charge in [0, 0.05) is 7.05 Å². The zero-order valence-corrected chi connectivity index (χ0v) is 9.74. The molecule has 1 aromatic rings. The number of halogens is 1. The first-order valence-corrected chi connectivity index (χ1v) is 5.16. The van der Waals surface area contributed by atoms with E-state index in [0.717, 1.165) is 16.6 Å². The minimum atomic E-state index is -0.276. The van der Waals surface area contributed by atoms with E-state index in [0.29, 0.717) is 0 Å². The van der Waals surface area contributed by atoms with Crippen LogP contribution in [0.2, 0.25) is 0 Å². The predicted octanol–water partition coefficient (Wildman–Crippen LogP) is 1.74. The van der Waals surface area contributed by atoms with Crippen molar-refractivity contribution in [3.63, 3.8) is 0 Å². The number of hydrogen-bond donors (Lipinski definition) is 1. The molecule has 0 aliphatic carbocycles. The zero-order chi connectivity index (χ0) is 10.0. The number of nitrogens with zero attached hydrogens (tertiary/aromatic N) is 2. The molecule has 0 aromatic carbocycles. The van der Waals surface area contributed by atoms with Crippen molar-refractivity contribution in [2.45, 2.75) is 26.4 Å². The summed E-state index contributed by atoms with van der Waals surface area (Å²) >= 11 is 3.43.